The van der Waals surface area contributed by atoms with Crippen LogP contribution in [0, 0.1) is 0 Å². The molecular weight excluding hydrogens is 390 g/mol. The van der Waals surface area contributed by atoms with E-state index in [1.165, 1.54) is 19.2 Å². The minimum absolute atomic E-state index is 0.225. The number of methoxy groups -OCH3 is 2. The number of imide groups is 1. The molecule has 10 heteroatoms. The van der Waals surface area contributed by atoms with Crippen LogP contribution in [0.15, 0.2) is 58.9 Å². The van der Waals surface area contributed by atoms with Crippen molar-refractivity contribution in [2.45, 2.75) is 12.1 Å². The molecule has 0 radical (unpaired) electrons. The van der Waals surface area contributed by atoms with Crippen molar-refractivity contribution in [2.75, 3.05) is 31.0 Å². The van der Waals surface area contributed by atoms with E-state index in [1.807, 2.05) is 0 Å². The summed E-state index contributed by atoms with van der Waals surface area (Å²) in [4.78, 5) is 39.2. The molecule has 1 N–H and O–H groups in total. The molecule has 2 aromatic carbocycles. The Balaban J connectivity index is 1.46. The van der Waals surface area contributed by atoms with Crippen LogP contribution < -0.4 is 19.7 Å². The molecular formula is C20H19N5O5. The number of amides is 3. The summed E-state index contributed by atoms with van der Waals surface area (Å²) in [7, 11) is 3.06. The van der Waals surface area contributed by atoms with Gasteiger partial charge in [-0.15, -0.1) is 0 Å². The second-order valence-corrected chi connectivity index (χ2v) is 6.68. The number of nitrogens with zero attached hydrogens (tertiary/aromatic N) is 4. The number of hydrogen-bond acceptors (Lipinski definition) is 8. The van der Waals surface area contributed by atoms with Gasteiger partial charge in [-0.05, 0) is 36.4 Å². The molecule has 2 aliphatic heterocycles. The third kappa shape index (κ3) is 3.43. The second-order valence-electron chi connectivity index (χ2n) is 6.68. The van der Waals surface area contributed by atoms with Crippen molar-refractivity contribution in [1.29, 1.82) is 0 Å². The fraction of sp³-hybridized carbons (Fsp3) is 0.250. The number of rotatable bonds is 6. The molecule has 1 fully saturated rings. The lowest BCUT2D eigenvalue weighted by molar-refractivity contribution is -0.123. The number of hydrogen-bond donors (Lipinski definition) is 1. The molecule has 0 bridgehead atoms. The fourth-order valence-corrected chi connectivity index (χ4v) is 3.39. The van der Waals surface area contributed by atoms with E-state index in [9.17, 15) is 14.4 Å². The molecule has 154 valence electrons. The Morgan fingerprint density at radius 3 is 2.47 bits per heavy atom. The van der Waals surface area contributed by atoms with E-state index < -0.39 is 29.8 Å². The Hall–Kier alpha value is -3.95. The summed E-state index contributed by atoms with van der Waals surface area (Å²) >= 11 is 0. The van der Waals surface area contributed by atoms with Crippen LogP contribution in [0.4, 0.5) is 11.4 Å². The number of carbonyl (C=O) groups is 3. The summed E-state index contributed by atoms with van der Waals surface area (Å²) < 4.78 is 10.2. The fourth-order valence-electron chi connectivity index (χ4n) is 3.39. The summed E-state index contributed by atoms with van der Waals surface area (Å²) in [6, 6.07) is 11.5. The van der Waals surface area contributed by atoms with Gasteiger partial charge in [-0.25, -0.2) is 4.90 Å². The number of fused-ring (bicyclic) bond motifs is 1. The normalized spacial score (nSPS) is 19.8. The highest BCUT2D eigenvalue weighted by molar-refractivity contribution is 6.25. The maximum absolute atomic E-state index is 12.9. The Morgan fingerprint density at radius 1 is 1.03 bits per heavy atom. The van der Waals surface area contributed by atoms with Gasteiger partial charge in [0, 0.05) is 11.8 Å². The standard InChI is InChI=1S/C20H19N5O5/c1-29-14-8-6-13(7-9-14)25-19(27)17-18(20(25)28)24(23-22-17)11-16(26)21-12-4-3-5-15(10-12)30-2/h3-10,17-18H,11H2,1-2H3,(H,21,26)/t17-,18+/m0/s1. The van der Waals surface area contributed by atoms with Crippen molar-refractivity contribution in [3.05, 3.63) is 48.5 Å². The summed E-state index contributed by atoms with van der Waals surface area (Å²) in [5.74, 6) is -0.149. The molecule has 2 heterocycles. The molecule has 0 spiro atoms. The number of ether oxygens (including phenoxy) is 2. The minimum Gasteiger partial charge on any atom is -0.497 e. The van der Waals surface area contributed by atoms with E-state index in [4.69, 9.17) is 9.47 Å². The van der Waals surface area contributed by atoms with E-state index >= 15 is 0 Å². The SMILES string of the molecule is COc1ccc(N2C(=O)[C@H]3N=NN(CC(=O)Nc4cccc(OC)c4)[C@H]3C2=O)cc1. The van der Waals surface area contributed by atoms with Crippen molar-refractivity contribution in [1.82, 2.24) is 5.01 Å². The Bertz CT molecular complexity index is 1020. The monoisotopic (exact) mass is 409 g/mol. The molecule has 3 amide bonds. The van der Waals surface area contributed by atoms with Crippen LogP contribution in [0.2, 0.25) is 0 Å². The van der Waals surface area contributed by atoms with Crippen molar-refractivity contribution in [3.63, 3.8) is 0 Å². The van der Waals surface area contributed by atoms with Gasteiger partial charge in [0.15, 0.2) is 12.1 Å². The lowest BCUT2D eigenvalue weighted by atomic mass is 10.1. The van der Waals surface area contributed by atoms with Crippen LogP contribution in [0.3, 0.4) is 0 Å². The third-order valence-electron chi connectivity index (χ3n) is 4.85. The summed E-state index contributed by atoms with van der Waals surface area (Å²) in [6.45, 7) is -0.225. The summed E-state index contributed by atoms with van der Waals surface area (Å²) in [5.41, 5.74) is 0.955. The Labute approximate surface area is 172 Å². The first-order chi connectivity index (χ1) is 14.5. The molecule has 10 nitrogen and oxygen atoms in total. The van der Waals surface area contributed by atoms with Crippen molar-refractivity contribution < 1.29 is 23.9 Å². The lowest BCUT2D eigenvalue weighted by Gasteiger charge is -2.20. The van der Waals surface area contributed by atoms with E-state index in [2.05, 4.69) is 15.7 Å². The molecule has 2 aliphatic rings. The first-order valence-corrected chi connectivity index (χ1v) is 9.15. The average Bonchev–Trinajstić information content (AvgIpc) is 3.27. The first kappa shape index (κ1) is 19.4. The summed E-state index contributed by atoms with van der Waals surface area (Å²) in [6.07, 6.45) is 0. The zero-order valence-corrected chi connectivity index (χ0v) is 16.3. The van der Waals surface area contributed by atoms with Gasteiger partial charge in [0.1, 0.15) is 18.0 Å². The van der Waals surface area contributed by atoms with Gasteiger partial charge >= 0.3 is 0 Å². The van der Waals surface area contributed by atoms with Crippen LogP contribution in [-0.2, 0) is 14.4 Å². The molecule has 0 aliphatic carbocycles. The lowest BCUT2D eigenvalue weighted by Crippen LogP contribution is -2.43. The highest BCUT2D eigenvalue weighted by atomic mass is 16.5. The van der Waals surface area contributed by atoms with Gasteiger partial charge in [-0.2, -0.15) is 5.11 Å². The molecule has 4 rings (SSSR count). The van der Waals surface area contributed by atoms with Crippen LogP contribution in [-0.4, -0.2) is 55.6 Å². The topological polar surface area (TPSA) is 113 Å². The highest BCUT2D eigenvalue weighted by Gasteiger charge is 2.55. The van der Waals surface area contributed by atoms with E-state index in [0.29, 0.717) is 22.9 Å². The zero-order valence-electron chi connectivity index (χ0n) is 16.3. The zero-order chi connectivity index (χ0) is 21.3. The predicted molar refractivity (Wildman–Crippen MR) is 106 cm³/mol. The minimum atomic E-state index is -0.968. The second kappa shape index (κ2) is 7.82. The smallest absolute Gasteiger partial charge is 0.263 e. The quantitative estimate of drug-likeness (QED) is 0.726. The molecule has 0 aromatic heterocycles. The van der Waals surface area contributed by atoms with Crippen LogP contribution in [0.1, 0.15) is 0 Å². The third-order valence-corrected chi connectivity index (χ3v) is 4.85. The average molecular weight is 409 g/mol. The summed E-state index contributed by atoms with van der Waals surface area (Å²) in [5, 5.41) is 11.8. The maximum atomic E-state index is 12.9. The number of benzene rings is 2. The Kier molecular flexibility index (Phi) is 5.05. The van der Waals surface area contributed by atoms with Crippen molar-refractivity contribution in [2.24, 2.45) is 10.3 Å². The number of anilines is 2. The van der Waals surface area contributed by atoms with Crippen LogP contribution in [0.25, 0.3) is 0 Å². The van der Waals surface area contributed by atoms with Gasteiger partial charge in [-0.3, -0.25) is 19.4 Å². The highest BCUT2D eigenvalue weighted by Crippen LogP contribution is 2.32. The van der Waals surface area contributed by atoms with Gasteiger partial charge in [0.25, 0.3) is 11.8 Å². The molecule has 2 atom stereocenters. The Morgan fingerprint density at radius 2 is 1.77 bits per heavy atom. The largest absolute Gasteiger partial charge is 0.497 e. The van der Waals surface area contributed by atoms with Crippen molar-refractivity contribution >= 4 is 29.1 Å². The molecule has 0 unspecified atom stereocenters. The molecule has 30 heavy (non-hydrogen) atoms. The van der Waals surface area contributed by atoms with E-state index in [1.54, 1.807) is 48.5 Å². The number of carbonyl (C=O) groups excluding carboxylic acids is 3. The number of nitrogens with one attached hydrogen (secondary N) is 1. The van der Waals surface area contributed by atoms with Gasteiger partial charge in [0.05, 0.1) is 19.9 Å². The van der Waals surface area contributed by atoms with Crippen LogP contribution >= 0.6 is 0 Å². The van der Waals surface area contributed by atoms with E-state index in [-0.39, 0.29) is 6.54 Å². The predicted octanol–water partition coefficient (Wildman–Crippen LogP) is 1.64. The van der Waals surface area contributed by atoms with Gasteiger partial charge < -0.3 is 14.8 Å². The molecule has 0 saturated carbocycles. The molecule has 2 aromatic rings. The van der Waals surface area contributed by atoms with Gasteiger partial charge in [0.2, 0.25) is 5.91 Å². The maximum Gasteiger partial charge on any atom is 0.263 e. The van der Waals surface area contributed by atoms with Crippen molar-refractivity contribution in [3.8, 4) is 11.5 Å². The molecule has 1 saturated heterocycles. The van der Waals surface area contributed by atoms with Crippen LogP contribution in [0.5, 0.6) is 11.5 Å². The van der Waals surface area contributed by atoms with E-state index in [0.717, 1.165) is 4.90 Å². The van der Waals surface area contributed by atoms with Gasteiger partial charge in [-0.1, -0.05) is 11.3 Å². The first-order valence-electron chi connectivity index (χ1n) is 9.15.